The molecular weight excluding hydrogens is 315 g/mol. The molecule has 0 bridgehead atoms. The van der Waals surface area contributed by atoms with Crippen molar-refractivity contribution in [1.29, 1.82) is 0 Å². The molecule has 0 radical (unpaired) electrons. The summed E-state index contributed by atoms with van der Waals surface area (Å²) in [6.07, 6.45) is 0.715. The van der Waals surface area contributed by atoms with E-state index < -0.39 is 15.8 Å². The maximum Gasteiger partial charge on any atom is 0.261 e. The van der Waals surface area contributed by atoms with Crippen LogP contribution in [0.25, 0.3) is 0 Å². The van der Waals surface area contributed by atoms with Crippen molar-refractivity contribution in [3.8, 4) is 0 Å². The number of aryl methyl sites for hydroxylation is 1. The molecule has 4 nitrogen and oxygen atoms in total. The highest BCUT2D eigenvalue weighted by atomic mass is 35.5. The van der Waals surface area contributed by atoms with Crippen LogP contribution < -0.4 is 10.5 Å². The predicted octanol–water partition coefficient (Wildman–Crippen LogP) is 3.42. The molecule has 0 fully saturated rings. The Hall–Kier alpha value is -1.79. The topological polar surface area (TPSA) is 72.2 Å². The van der Waals surface area contributed by atoms with E-state index in [-0.39, 0.29) is 15.6 Å². The van der Waals surface area contributed by atoms with Crippen LogP contribution in [-0.2, 0) is 16.4 Å². The first kappa shape index (κ1) is 15.6. The molecule has 0 saturated heterocycles. The molecule has 0 aliphatic carbocycles. The van der Waals surface area contributed by atoms with E-state index in [1.54, 1.807) is 6.07 Å². The van der Waals surface area contributed by atoms with Crippen molar-refractivity contribution in [2.45, 2.75) is 18.2 Å². The van der Waals surface area contributed by atoms with Gasteiger partial charge < -0.3 is 5.73 Å². The maximum absolute atomic E-state index is 13.1. The molecular formula is C14H14ClFN2O2S. The molecule has 0 aliphatic heterocycles. The van der Waals surface area contributed by atoms with Crippen molar-refractivity contribution in [3.63, 3.8) is 0 Å². The molecule has 0 saturated carbocycles. The minimum atomic E-state index is -3.80. The van der Waals surface area contributed by atoms with Gasteiger partial charge in [-0.05, 0) is 42.3 Å². The molecule has 0 aliphatic rings. The van der Waals surface area contributed by atoms with Gasteiger partial charge in [-0.2, -0.15) is 0 Å². The molecule has 7 heteroatoms. The first-order valence-corrected chi connectivity index (χ1v) is 8.06. The third-order valence-corrected chi connectivity index (χ3v) is 4.65. The lowest BCUT2D eigenvalue weighted by Crippen LogP contribution is -2.13. The zero-order valence-electron chi connectivity index (χ0n) is 11.2. The van der Waals surface area contributed by atoms with E-state index in [1.165, 1.54) is 24.3 Å². The summed E-state index contributed by atoms with van der Waals surface area (Å²) in [6.45, 7) is 1.93. The molecule has 21 heavy (non-hydrogen) atoms. The van der Waals surface area contributed by atoms with E-state index in [0.717, 1.165) is 11.6 Å². The quantitative estimate of drug-likeness (QED) is 0.845. The molecule has 0 aromatic heterocycles. The average molecular weight is 329 g/mol. The standard InChI is InChI=1S/C14H14ClFN2O2S/c1-2-9-3-5-11(8-14(9)17)21(19,20)18-10-4-6-13(16)12(15)7-10/h3-8,18H,2,17H2,1H3. The Morgan fingerprint density at radius 2 is 1.95 bits per heavy atom. The van der Waals surface area contributed by atoms with Gasteiger partial charge in [-0.3, -0.25) is 4.72 Å². The van der Waals surface area contributed by atoms with Crippen LogP contribution in [0, 0.1) is 5.82 Å². The Labute approximate surface area is 127 Å². The number of halogens is 2. The largest absolute Gasteiger partial charge is 0.398 e. The van der Waals surface area contributed by atoms with Crippen molar-refractivity contribution >= 4 is 33.0 Å². The Morgan fingerprint density at radius 3 is 2.52 bits per heavy atom. The summed E-state index contributed by atoms with van der Waals surface area (Å²) >= 11 is 5.62. The lowest BCUT2D eigenvalue weighted by atomic mass is 10.1. The molecule has 0 spiro atoms. The second-order valence-electron chi connectivity index (χ2n) is 4.45. The van der Waals surface area contributed by atoms with E-state index >= 15 is 0 Å². The van der Waals surface area contributed by atoms with E-state index in [4.69, 9.17) is 17.3 Å². The molecule has 2 rings (SSSR count). The Balaban J connectivity index is 2.33. The van der Waals surface area contributed by atoms with Crippen molar-refractivity contribution in [1.82, 2.24) is 0 Å². The Morgan fingerprint density at radius 1 is 1.24 bits per heavy atom. The zero-order valence-corrected chi connectivity index (χ0v) is 12.8. The third kappa shape index (κ3) is 3.46. The van der Waals surface area contributed by atoms with Gasteiger partial charge in [0.25, 0.3) is 10.0 Å². The van der Waals surface area contributed by atoms with Gasteiger partial charge >= 0.3 is 0 Å². The number of hydrogen-bond donors (Lipinski definition) is 2. The smallest absolute Gasteiger partial charge is 0.261 e. The highest BCUT2D eigenvalue weighted by Gasteiger charge is 2.16. The minimum absolute atomic E-state index is 0.0395. The second kappa shape index (κ2) is 5.91. The number of benzene rings is 2. The van der Waals surface area contributed by atoms with Crippen LogP contribution in [0.4, 0.5) is 15.8 Å². The Kier molecular flexibility index (Phi) is 4.39. The summed E-state index contributed by atoms with van der Waals surface area (Å²) in [5.74, 6) is -0.615. The predicted molar refractivity (Wildman–Crippen MR) is 82.5 cm³/mol. The van der Waals surface area contributed by atoms with Crippen molar-refractivity contribution < 1.29 is 12.8 Å². The summed E-state index contributed by atoms with van der Waals surface area (Å²) in [6, 6.07) is 8.13. The summed E-state index contributed by atoms with van der Waals surface area (Å²) in [4.78, 5) is 0.0395. The number of anilines is 2. The SMILES string of the molecule is CCc1ccc(S(=O)(=O)Nc2ccc(F)c(Cl)c2)cc1N. The van der Waals surface area contributed by atoms with Gasteiger partial charge in [-0.25, -0.2) is 12.8 Å². The summed E-state index contributed by atoms with van der Waals surface area (Å²) in [5.41, 5.74) is 7.27. The minimum Gasteiger partial charge on any atom is -0.398 e. The van der Waals surface area contributed by atoms with E-state index in [0.29, 0.717) is 12.1 Å². The molecule has 3 N–H and O–H groups in total. The zero-order chi connectivity index (χ0) is 15.6. The van der Waals surface area contributed by atoms with Crippen LogP contribution in [0.1, 0.15) is 12.5 Å². The number of nitrogen functional groups attached to an aromatic ring is 1. The molecule has 2 aromatic rings. The first-order chi connectivity index (χ1) is 9.83. The average Bonchev–Trinajstić information content (AvgIpc) is 2.42. The lowest BCUT2D eigenvalue weighted by molar-refractivity contribution is 0.601. The first-order valence-electron chi connectivity index (χ1n) is 6.19. The van der Waals surface area contributed by atoms with E-state index in [9.17, 15) is 12.8 Å². The number of hydrogen-bond acceptors (Lipinski definition) is 3. The molecule has 0 heterocycles. The van der Waals surface area contributed by atoms with Crippen LogP contribution in [-0.4, -0.2) is 8.42 Å². The highest BCUT2D eigenvalue weighted by molar-refractivity contribution is 7.92. The van der Waals surface area contributed by atoms with Gasteiger partial charge in [0, 0.05) is 5.69 Å². The third-order valence-electron chi connectivity index (χ3n) is 2.98. The number of rotatable bonds is 4. The van der Waals surface area contributed by atoms with E-state index in [1.807, 2.05) is 6.92 Å². The normalized spacial score (nSPS) is 11.4. The van der Waals surface area contributed by atoms with Crippen LogP contribution in [0.15, 0.2) is 41.3 Å². The summed E-state index contributed by atoms with van der Waals surface area (Å²) in [5, 5.41) is -0.156. The second-order valence-corrected chi connectivity index (χ2v) is 6.54. The highest BCUT2D eigenvalue weighted by Crippen LogP contribution is 2.24. The molecule has 0 amide bonds. The Bertz CT molecular complexity index is 779. The van der Waals surface area contributed by atoms with Crippen molar-refractivity contribution in [3.05, 3.63) is 52.8 Å². The molecule has 2 aromatic carbocycles. The fourth-order valence-electron chi connectivity index (χ4n) is 1.84. The van der Waals surface area contributed by atoms with Crippen LogP contribution in [0.2, 0.25) is 5.02 Å². The van der Waals surface area contributed by atoms with Crippen LogP contribution >= 0.6 is 11.6 Å². The van der Waals surface area contributed by atoms with Gasteiger partial charge in [-0.1, -0.05) is 24.6 Å². The van der Waals surface area contributed by atoms with Gasteiger partial charge in [0.15, 0.2) is 0 Å². The van der Waals surface area contributed by atoms with Crippen LogP contribution in [0.3, 0.4) is 0 Å². The van der Waals surface area contributed by atoms with Gasteiger partial charge in [0.05, 0.1) is 15.6 Å². The molecule has 0 unspecified atom stereocenters. The van der Waals surface area contributed by atoms with Gasteiger partial charge in [-0.15, -0.1) is 0 Å². The lowest BCUT2D eigenvalue weighted by Gasteiger charge is -2.10. The van der Waals surface area contributed by atoms with Crippen LogP contribution in [0.5, 0.6) is 0 Å². The fraction of sp³-hybridized carbons (Fsp3) is 0.143. The van der Waals surface area contributed by atoms with Crippen molar-refractivity contribution in [2.24, 2.45) is 0 Å². The van der Waals surface area contributed by atoms with Gasteiger partial charge in [0.1, 0.15) is 5.82 Å². The maximum atomic E-state index is 13.1. The number of nitrogens with two attached hydrogens (primary N) is 1. The molecule has 112 valence electrons. The molecule has 0 atom stereocenters. The van der Waals surface area contributed by atoms with Crippen molar-refractivity contribution in [2.75, 3.05) is 10.5 Å². The van der Waals surface area contributed by atoms with Gasteiger partial charge in [0.2, 0.25) is 0 Å². The number of sulfonamides is 1. The summed E-state index contributed by atoms with van der Waals surface area (Å²) < 4.78 is 39.9. The fourth-order valence-corrected chi connectivity index (χ4v) is 3.10. The number of nitrogens with one attached hydrogen (secondary N) is 1. The van der Waals surface area contributed by atoms with E-state index in [2.05, 4.69) is 4.72 Å². The monoisotopic (exact) mass is 328 g/mol. The summed E-state index contributed by atoms with van der Waals surface area (Å²) in [7, 11) is -3.80.